The fraction of sp³-hybridized carbons (Fsp3) is 0.444. The number of nitrogens with one attached hydrogen (secondary N) is 1. The zero-order valence-corrected chi connectivity index (χ0v) is 9.10. The Hall–Kier alpha value is -1.23. The van der Waals surface area contributed by atoms with Gasteiger partial charge >= 0.3 is 0 Å². The lowest BCUT2D eigenvalue weighted by molar-refractivity contribution is 0.546. The highest BCUT2D eigenvalue weighted by atomic mass is 32.1. The van der Waals surface area contributed by atoms with E-state index >= 15 is 0 Å². The predicted octanol–water partition coefficient (Wildman–Crippen LogP) is 1.68. The third kappa shape index (κ3) is 1.43. The van der Waals surface area contributed by atoms with Crippen molar-refractivity contribution in [3.05, 3.63) is 21.7 Å². The number of hydrogen-bond acceptors (Lipinski definition) is 4. The van der Waals surface area contributed by atoms with Gasteiger partial charge in [-0.25, -0.2) is 9.97 Å². The van der Waals surface area contributed by atoms with Crippen LogP contribution in [0.25, 0.3) is 10.3 Å². The highest BCUT2D eigenvalue weighted by Gasteiger charge is 2.18. The zero-order valence-electron chi connectivity index (χ0n) is 8.29. The number of fused-ring (bicyclic) bond motifs is 1. The average Bonchev–Trinajstić information content (AvgIpc) is 2.50. The van der Waals surface area contributed by atoms with E-state index in [4.69, 9.17) is 0 Å². The molecule has 4 nitrogen and oxygen atoms in total. The van der Waals surface area contributed by atoms with E-state index in [1.165, 1.54) is 11.3 Å². The molecule has 2 aromatic heterocycles. The molecule has 74 valence electrons. The Balaban J connectivity index is 2.77. The Morgan fingerprint density at radius 3 is 2.79 bits per heavy atom. The van der Waals surface area contributed by atoms with E-state index in [0.717, 1.165) is 0 Å². The first-order valence-corrected chi connectivity index (χ1v) is 5.20. The maximum Gasteiger partial charge on any atom is 0.270 e. The molecular weight excluding hydrogens is 198 g/mol. The number of H-pyrrole nitrogens is 1. The molecule has 0 aliphatic carbocycles. The molecule has 0 unspecified atom stereocenters. The molecule has 2 rings (SSSR count). The third-order valence-corrected chi connectivity index (χ3v) is 2.73. The van der Waals surface area contributed by atoms with Crippen LogP contribution in [0.2, 0.25) is 0 Å². The number of aromatic nitrogens is 3. The first kappa shape index (κ1) is 9.33. The molecule has 2 heterocycles. The summed E-state index contributed by atoms with van der Waals surface area (Å²) in [7, 11) is 0. The van der Waals surface area contributed by atoms with Crippen LogP contribution in [0.4, 0.5) is 0 Å². The molecule has 0 amide bonds. The van der Waals surface area contributed by atoms with E-state index in [1.54, 1.807) is 5.51 Å². The Morgan fingerprint density at radius 2 is 2.14 bits per heavy atom. The number of nitrogens with zero attached hydrogens (tertiary/aromatic N) is 2. The van der Waals surface area contributed by atoms with Crippen molar-refractivity contribution in [3.63, 3.8) is 0 Å². The summed E-state index contributed by atoms with van der Waals surface area (Å²) < 4.78 is 0.595. The minimum atomic E-state index is -0.156. The Morgan fingerprint density at radius 1 is 1.43 bits per heavy atom. The van der Waals surface area contributed by atoms with E-state index in [2.05, 4.69) is 15.0 Å². The lowest BCUT2D eigenvalue weighted by Crippen LogP contribution is -2.21. The van der Waals surface area contributed by atoms with Gasteiger partial charge in [0.15, 0.2) is 5.65 Å². The standard InChI is InChI=1S/C9H11N3OS/c1-9(2,3)8-11-6-5(7(13)12-8)14-4-10-6/h4H,1-3H3,(H,11,12,13). The maximum atomic E-state index is 11.6. The molecular formula is C9H11N3OS. The molecule has 0 fully saturated rings. The summed E-state index contributed by atoms with van der Waals surface area (Å²) in [4.78, 5) is 22.7. The maximum absolute atomic E-state index is 11.6. The fourth-order valence-corrected chi connectivity index (χ4v) is 1.75. The van der Waals surface area contributed by atoms with E-state index in [-0.39, 0.29) is 11.0 Å². The van der Waals surface area contributed by atoms with Crippen LogP contribution in [0.5, 0.6) is 0 Å². The van der Waals surface area contributed by atoms with Gasteiger partial charge in [0, 0.05) is 5.41 Å². The summed E-state index contributed by atoms with van der Waals surface area (Å²) in [5.74, 6) is 0.681. The van der Waals surface area contributed by atoms with Gasteiger partial charge in [0.05, 0.1) is 5.51 Å². The molecule has 5 heteroatoms. The SMILES string of the molecule is CC(C)(C)c1nc2ncsc2c(=O)[nH]1. The van der Waals surface area contributed by atoms with Crippen molar-refractivity contribution in [3.8, 4) is 0 Å². The highest BCUT2D eigenvalue weighted by Crippen LogP contribution is 2.19. The minimum absolute atomic E-state index is 0.0950. The topological polar surface area (TPSA) is 58.6 Å². The van der Waals surface area contributed by atoms with Crippen LogP contribution in [0.15, 0.2) is 10.3 Å². The van der Waals surface area contributed by atoms with Gasteiger partial charge in [0.1, 0.15) is 10.5 Å². The summed E-state index contributed by atoms with van der Waals surface area (Å²) in [5, 5.41) is 0. The first-order chi connectivity index (χ1) is 6.48. The molecule has 0 radical (unpaired) electrons. The Kier molecular flexibility index (Phi) is 1.92. The summed E-state index contributed by atoms with van der Waals surface area (Å²) >= 11 is 1.32. The normalized spacial score (nSPS) is 12.2. The van der Waals surface area contributed by atoms with Gasteiger partial charge in [-0.1, -0.05) is 20.8 Å². The second-order valence-electron chi connectivity index (χ2n) is 4.17. The second-order valence-corrected chi connectivity index (χ2v) is 5.02. The van der Waals surface area contributed by atoms with Gasteiger partial charge in [-0.3, -0.25) is 4.79 Å². The van der Waals surface area contributed by atoms with E-state index in [1.807, 2.05) is 20.8 Å². The number of aromatic amines is 1. The van der Waals surface area contributed by atoms with E-state index in [9.17, 15) is 4.79 Å². The summed E-state index contributed by atoms with van der Waals surface area (Å²) in [6.45, 7) is 6.01. The molecule has 0 spiro atoms. The van der Waals surface area contributed by atoms with E-state index in [0.29, 0.717) is 16.2 Å². The predicted molar refractivity (Wildman–Crippen MR) is 56.7 cm³/mol. The highest BCUT2D eigenvalue weighted by molar-refractivity contribution is 7.16. The molecule has 0 bridgehead atoms. The van der Waals surface area contributed by atoms with Gasteiger partial charge < -0.3 is 4.98 Å². The van der Waals surface area contributed by atoms with Crippen molar-refractivity contribution in [2.24, 2.45) is 0 Å². The van der Waals surface area contributed by atoms with Gasteiger partial charge in [0.2, 0.25) is 0 Å². The largest absolute Gasteiger partial charge is 0.309 e. The zero-order chi connectivity index (χ0) is 10.3. The van der Waals surface area contributed by atoms with Crippen molar-refractivity contribution < 1.29 is 0 Å². The van der Waals surface area contributed by atoms with Crippen LogP contribution in [0.3, 0.4) is 0 Å². The number of rotatable bonds is 0. The minimum Gasteiger partial charge on any atom is -0.309 e. The molecule has 14 heavy (non-hydrogen) atoms. The molecule has 0 aromatic carbocycles. The van der Waals surface area contributed by atoms with Crippen LogP contribution in [-0.4, -0.2) is 15.0 Å². The monoisotopic (exact) mass is 209 g/mol. The summed E-state index contributed by atoms with van der Waals surface area (Å²) in [5.41, 5.74) is 1.93. The summed E-state index contributed by atoms with van der Waals surface area (Å²) in [6.07, 6.45) is 0. The van der Waals surface area contributed by atoms with Crippen LogP contribution in [0.1, 0.15) is 26.6 Å². The molecule has 0 atom stereocenters. The van der Waals surface area contributed by atoms with Crippen molar-refractivity contribution in [1.82, 2.24) is 15.0 Å². The Labute approximate surface area is 85.0 Å². The lowest BCUT2D eigenvalue weighted by Gasteiger charge is -2.16. The van der Waals surface area contributed by atoms with Gasteiger partial charge in [-0.2, -0.15) is 0 Å². The van der Waals surface area contributed by atoms with Crippen LogP contribution in [0, 0.1) is 0 Å². The lowest BCUT2D eigenvalue weighted by atomic mass is 9.96. The van der Waals surface area contributed by atoms with Crippen LogP contribution < -0.4 is 5.56 Å². The van der Waals surface area contributed by atoms with Gasteiger partial charge in [0.25, 0.3) is 5.56 Å². The van der Waals surface area contributed by atoms with Crippen LogP contribution >= 0.6 is 11.3 Å². The van der Waals surface area contributed by atoms with Crippen LogP contribution in [-0.2, 0) is 5.41 Å². The van der Waals surface area contributed by atoms with Crippen molar-refractivity contribution in [2.75, 3.05) is 0 Å². The van der Waals surface area contributed by atoms with Crippen molar-refractivity contribution >= 4 is 21.7 Å². The fourth-order valence-electron chi connectivity index (χ4n) is 1.13. The quantitative estimate of drug-likeness (QED) is 0.718. The van der Waals surface area contributed by atoms with Crippen molar-refractivity contribution in [2.45, 2.75) is 26.2 Å². The van der Waals surface area contributed by atoms with Crippen molar-refractivity contribution in [1.29, 1.82) is 0 Å². The molecule has 0 saturated carbocycles. The smallest absolute Gasteiger partial charge is 0.270 e. The molecule has 1 N–H and O–H groups in total. The molecule has 0 aliphatic rings. The third-order valence-electron chi connectivity index (χ3n) is 1.91. The average molecular weight is 209 g/mol. The number of hydrogen-bond donors (Lipinski definition) is 1. The summed E-state index contributed by atoms with van der Waals surface area (Å²) in [6, 6.07) is 0. The molecule has 2 aromatic rings. The van der Waals surface area contributed by atoms with E-state index < -0.39 is 0 Å². The Bertz CT molecular complexity index is 521. The molecule has 0 aliphatic heterocycles. The number of thiazole rings is 1. The molecule has 0 saturated heterocycles. The first-order valence-electron chi connectivity index (χ1n) is 4.32. The van der Waals surface area contributed by atoms with Gasteiger partial charge in [-0.15, -0.1) is 11.3 Å². The second kappa shape index (κ2) is 2.88. The van der Waals surface area contributed by atoms with Gasteiger partial charge in [-0.05, 0) is 0 Å².